The summed E-state index contributed by atoms with van der Waals surface area (Å²) in [4.78, 5) is 0. The van der Waals surface area contributed by atoms with Crippen LogP contribution in [-0.4, -0.2) is 12.9 Å². The quantitative estimate of drug-likeness (QED) is 0.269. The van der Waals surface area contributed by atoms with Crippen LogP contribution < -0.4 is 5.46 Å². The molecule has 0 bridgehead atoms. The van der Waals surface area contributed by atoms with Crippen LogP contribution in [0, 0.1) is 18.8 Å². The molecule has 0 amide bonds. The lowest BCUT2D eigenvalue weighted by molar-refractivity contribution is 0.265. The fourth-order valence-electron chi connectivity index (χ4n) is 5.94. The van der Waals surface area contributed by atoms with Gasteiger partial charge in [0.05, 0.1) is 0 Å². The zero-order chi connectivity index (χ0) is 23.8. The molecule has 33 heavy (non-hydrogen) atoms. The Balaban J connectivity index is 1.52. The Labute approximate surface area is 203 Å². The monoisotopic (exact) mass is 448 g/mol. The van der Waals surface area contributed by atoms with E-state index < -0.39 is 6.17 Å². The molecule has 2 heteroatoms. The fraction of sp³-hybridized carbons (Fsp3) is 0.613. The number of hydrogen-bond donors (Lipinski definition) is 0. The molecular weight excluding hydrogens is 402 g/mol. The van der Waals surface area contributed by atoms with Crippen LogP contribution in [0.15, 0.2) is 36.4 Å². The van der Waals surface area contributed by atoms with E-state index in [0.29, 0.717) is 12.6 Å². The second-order valence-corrected chi connectivity index (χ2v) is 10.9. The second-order valence-electron chi connectivity index (χ2n) is 10.9. The van der Waals surface area contributed by atoms with E-state index in [1.807, 2.05) is 0 Å². The average molecular weight is 449 g/mol. The van der Waals surface area contributed by atoms with Crippen LogP contribution in [0.3, 0.4) is 0 Å². The van der Waals surface area contributed by atoms with Gasteiger partial charge >= 0.3 is 0 Å². The first-order chi connectivity index (χ1) is 15.9. The number of hydrogen-bond acceptors (Lipinski definition) is 0. The van der Waals surface area contributed by atoms with Gasteiger partial charge in [-0.15, -0.1) is 0 Å². The van der Waals surface area contributed by atoms with E-state index >= 15 is 0 Å². The van der Waals surface area contributed by atoms with E-state index in [2.05, 4.69) is 70.9 Å². The van der Waals surface area contributed by atoms with E-state index in [0.717, 1.165) is 31.6 Å². The van der Waals surface area contributed by atoms with E-state index in [-0.39, 0.29) is 0 Å². The van der Waals surface area contributed by atoms with Crippen molar-refractivity contribution in [3.8, 4) is 11.1 Å². The van der Waals surface area contributed by atoms with Crippen molar-refractivity contribution in [2.24, 2.45) is 11.8 Å². The maximum absolute atomic E-state index is 13.7. The third-order valence-electron chi connectivity index (χ3n) is 8.39. The molecule has 0 heterocycles. The van der Waals surface area contributed by atoms with E-state index in [1.54, 1.807) is 11.1 Å². The van der Waals surface area contributed by atoms with Crippen LogP contribution in [-0.2, 0) is 12.8 Å². The molecular formula is C31H46BF. The van der Waals surface area contributed by atoms with Crippen molar-refractivity contribution in [1.82, 2.24) is 0 Å². The summed E-state index contributed by atoms with van der Waals surface area (Å²) in [7, 11) is 0. The minimum Gasteiger partial charge on any atom is -0.247 e. The van der Waals surface area contributed by atoms with Crippen molar-refractivity contribution >= 4 is 12.2 Å². The van der Waals surface area contributed by atoms with Crippen LogP contribution in [0.2, 0.25) is 13.1 Å². The van der Waals surface area contributed by atoms with E-state index in [9.17, 15) is 4.39 Å². The number of fused-ring (bicyclic) bond motifs is 1. The smallest absolute Gasteiger partial charge is 0.173 e. The third kappa shape index (κ3) is 6.97. The van der Waals surface area contributed by atoms with Crippen LogP contribution in [0.4, 0.5) is 4.39 Å². The molecule has 3 rings (SSSR count). The summed E-state index contributed by atoms with van der Waals surface area (Å²) in [6, 6.07) is 13.8. The van der Waals surface area contributed by atoms with Crippen LogP contribution in [0.25, 0.3) is 11.1 Å². The lowest BCUT2D eigenvalue weighted by atomic mass is 9.43. The lowest BCUT2D eigenvalue weighted by Crippen LogP contribution is -2.29. The minimum atomic E-state index is -0.589. The van der Waals surface area contributed by atoms with Gasteiger partial charge in [0.25, 0.3) is 0 Å². The maximum Gasteiger partial charge on any atom is 0.173 e. The molecule has 0 N–H and O–H groups in total. The van der Waals surface area contributed by atoms with Gasteiger partial charge in [0, 0.05) is 0 Å². The molecule has 0 aromatic heterocycles. The summed E-state index contributed by atoms with van der Waals surface area (Å²) in [5.41, 5.74) is 9.04. The van der Waals surface area contributed by atoms with E-state index in [4.69, 9.17) is 0 Å². The first kappa shape index (κ1) is 26.0. The van der Waals surface area contributed by atoms with Crippen molar-refractivity contribution in [3.05, 3.63) is 53.1 Å². The van der Waals surface area contributed by atoms with Crippen LogP contribution in [0.5, 0.6) is 0 Å². The zero-order valence-electron chi connectivity index (χ0n) is 21.9. The standard InChI is InChI=1S/C31H46BF/c1-6-12-27(33)17-7-13-23(2)24(3)14-11-22-32(5)31-21-10-18-28(25(31)4)30-20-9-16-26-15-8-19-29(26)30/h9-10,16,18,20-21,23-24,27H,6-8,11-15,17,19,22H2,1-5H3. The first-order valence-corrected chi connectivity index (χ1v) is 13.8. The van der Waals surface area contributed by atoms with Crippen LogP contribution >= 0.6 is 0 Å². The topological polar surface area (TPSA) is 0 Å². The Bertz CT molecular complexity index is 873. The Morgan fingerprint density at radius 1 is 0.879 bits per heavy atom. The molecule has 0 aliphatic heterocycles. The molecule has 0 saturated heterocycles. The SMILES string of the molecule is CCCC(F)CCCC(C)C(C)CCCB(C)c1cccc(-c2cccc3c2CCC3)c1C. The van der Waals surface area contributed by atoms with Crippen LogP contribution in [0.1, 0.15) is 88.8 Å². The molecule has 1 aliphatic carbocycles. The Morgan fingerprint density at radius 2 is 1.58 bits per heavy atom. The third-order valence-corrected chi connectivity index (χ3v) is 8.39. The Kier molecular flexibility index (Phi) is 10.1. The molecule has 2 aromatic rings. The van der Waals surface area contributed by atoms with Gasteiger partial charge < -0.3 is 0 Å². The molecule has 3 atom stereocenters. The van der Waals surface area contributed by atoms with Gasteiger partial charge in [-0.3, -0.25) is 0 Å². The molecule has 180 valence electrons. The molecule has 3 unspecified atom stereocenters. The normalized spacial score (nSPS) is 15.8. The van der Waals surface area contributed by atoms with Crippen molar-refractivity contribution < 1.29 is 4.39 Å². The van der Waals surface area contributed by atoms with Crippen molar-refractivity contribution in [2.75, 3.05) is 0 Å². The highest BCUT2D eigenvalue weighted by Gasteiger charge is 2.20. The highest BCUT2D eigenvalue weighted by atomic mass is 19.1. The van der Waals surface area contributed by atoms with Gasteiger partial charge in [-0.1, -0.05) is 108 Å². The molecule has 2 aromatic carbocycles. The second kappa shape index (κ2) is 12.8. The van der Waals surface area contributed by atoms with Gasteiger partial charge in [0.1, 0.15) is 6.17 Å². The van der Waals surface area contributed by atoms with Gasteiger partial charge in [0.15, 0.2) is 6.71 Å². The predicted molar refractivity (Wildman–Crippen MR) is 146 cm³/mol. The number of alkyl halides is 1. The summed E-state index contributed by atoms with van der Waals surface area (Å²) in [6.07, 6.45) is 11.6. The lowest BCUT2D eigenvalue weighted by Gasteiger charge is -2.21. The summed E-state index contributed by atoms with van der Waals surface area (Å²) >= 11 is 0. The molecule has 0 saturated carbocycles. The number of aryl methyl sites for hydroxylation is 1. The molecule has 1 aliphatic rings. The van der Waals surface area contributed by atoms with Gasteiger partial charge in [0.2, 0.25) is 0 Å². The largest absolute Gasteiger partial charge is 0.247 e. The van der Waals surface area contributed by atoms with Crippen molar-refractivity contribution in [2.45, 2.75) is 111 Å². The maximum atomic E-state index is 13.7. The van der Waals surface area contributed by atoms with Gasteiger partial charge in [-0.25, -0.2) is 4.39 Å². The predicted octanol–water partition coefficient (Wildman–Crippen LogP) is 8.84. The van der Waals surface area contributed by atoms with E-state index in [1.165, 1.54) is 67.0 Å². The highest BCUT2D eigenvalue weighted by molar-refractivity contribution is 6.72. The van der Waals surface area contributed by atoms with Gasteiger partial charge in [-0.05, 0) is 78.7 Å². The molecule has 0 radical (unpaired) electrons. The number of benzene rings is 2. The van der Waals surface area contributed by atoms with Crippen molar-refractivity contribution in [1.29, 1.82) is 0 Å². The number of rotatable bonds is 13. The van der Waals surface area contributed by atoms with Crippen molar-refractivity contribution in [3.63, 3.8) is 0 Å². The van der Waals surface area contributed by atoms with Gasteiger partial charge in [-0.2, -0.15) is 0 Å². The molecule has 0 spiro atoms. The summed E-state index contributed by atoms with van der Waals surface area (Å²) in [5.74, 6) is 1.42. The number of halogens is 1. The average Bonchev–Trinajstić information content (AvgIpc) is 3.28. The zero-order valence-corrected chi connectivity index (χ0v) is 21.9. The fourth-order valence-corrected chi connectivity index (χ4v) is 5.94. The first-order valence-electron chi connectivity index (χ1n) is 13.8. The molecule has 0 nitrogen and oxygen atoms in total. The highest BCUT2D eigenvalue weighted by Crippen LogP contribution is 2.34. The minimum absolute atomic E-state index is 0.588. The summed E-state index contributed by atoms with van der Waals surface area (Å²) < 4.78 is 13.7. The molecule has 0 fully saturated rings. The summed E-state index contributed by atoms with van der Waals surface area (Å²) in [6.45, 7) is 12.2. The Morgan fingerprint density at radius 3 is 2.33 bits per heavy atom. The Hall–Kier alpha value is -1.57. The summed E-state index contributed by atoms with van der Waals surface area (Å²) in [5, 5.41) is 0.